The third kappa shape index (κ3) is 3.69. The van der Waals surface area contributed by atoms with Crippen molar-refractivity contribution >= 4 is 0 Å². The summed E-state index contributed by atoms with van der Waals surface area (Å²) in [5.74, 6) is 3.28. The van der Waals surface area contributed by atoms with E-state index in [0.717, 1.165) is 17.8 Å². The van der Waals surface area contributed by atoms with Crippen molar-refractivity contribution in [3.63, 3.8) is 0 Å². The Labute approximate surface area is 107 Å². The van der Waals surface area contributed by atoms with E-state index in [0.29, 0.717) is 0 Å². The number of nitrogens with zero attached hydrogens (tertiary/aromatic N) is 1. The second-order valence-corrected chi connectivity index (χ2v) is 6.00. The first-order valence-corrected chi connectivity index (χ1v) is 7.76. The van der Waals surface area contributed by atoms with Gasteiger partial charge in [-0.15, -0.1) is 0 Å². The van der Waals surface area contributed by atoms with Crippen LogP contribution in [0.5, 0.6) is 0 Å². The molecule has 3 unspecified atom stereocenters. The average molecular weight is 238 g/mol. The summed E-state index contributed by atoms with van der Waals surface area (Å²) in [4.78, 5) is 2.49. The molecule has 0 aliphatic heterocycles. The molecule has 0 heterocycles. The van der Waals surface area contributed by atoms with Crippen molar-refractivity contribution in [1.29, 1.82) is 0 Å². The molecule has 2 fully saturated rings. The highest BCUT2D eigenvalue weighted by molar-refractivity contribution is 4.89. The van der Waals surface area contributed by atoms with Crippen molar-refractivity contribution in [2.45, 2.75) is 46.0 Å². The fraction of sp³-hybridized carbons (Fsp3) is 1.00. The van der Waals surface area contributed by atoms with E-state index in [2.05, 4.69) is 24.1 Å². The smallest absolute Gasteiger partial charge is 0.0107 e. The molecule has 1 N–H and O–H groups in total. The van der Waals surface area contributed by atoms with E-state index in [-0.39, 0.29) is 0 Å². The van der Waals surface area contributed by atoms with Crippen LogP contribution >= 0.6 is 0 Å². The monoisotopic (exact) mass is 238 g/mol. The van der Waals surface area contributed by atoms with Gasteiger partial charge >= 0.3 is 0 Å². The summed E-state index contributed by atoms with van der Waals surface area (Å²) >= 11 is 0. The summed E-state index contributed by atoms with van der Waals surface area (Å²) in [7, 11) is 0. The highest BCUT2D eigenvalue weighted by Crippen LogP contribution is 2.49. The van der Waals surface area contributed by atoms with Crippen LogP contribution in [0.3, 0.4) is 0 Å². The molecule has 0 amide bonds. The van der Waals surface area contributed by atoms with Crippen molar-refractivity contribution in [2.75, 3.05) is 32.7 Å². The van der Waals surface area contributed by atoms with Crippen molar-refractivity contribution in [3.05, 3.63) is 0 Å². The highest BCUT2D eigenvalue weighted by atomic mass is 15.1. The zero-order chi connectivity index (χ0) is 12.1. The van der Waals surface area contributed by atoms with E-state index in [1.807, 2.05) is 0 Å². The van der Waals surface area contributed by atoms with Crippen LogP contribution in [0.1, 0.15) is 46.0 Å². The molecule has 0 aromatic rings. The second kappa shape index (κ2) is 6.75. The molecular weight excluding hydrogens is 208 g/mol. The maximum Gasteiger partial charge on any atom is 0.0107 e. The summed E-state index contributed by atoms with van der Waals surface area (Å²) in [6, 6.07) is 0. The van der Waals surface area contributed by atoms with Crippen LogP contribution in [0.15, 0.2) is 0 Å². The molecule has 2 aliphatic carbocycles. The van der Waals surface area contributed by atoms with Crippen LogP contribution in [0, 0.1) is 17.8 Å². The van der Waals surface area contributed by atoms with Gasteiger partial charge in [0.15, 0.2) is 0 Å². The van der Waals surface area contributed by atoms with Crippen LogP contribution in [-0.2, 0) is 0 Å². The minimum Gasteiger partial charge on any atom is -0.315 e. The van der Waals surface area contributed by atoms with Gasteiger partial charge in [0.25, 0.3) is 0 Å². The van der Waals surface area contributed by atoms with Crippen molar-refractivity contribution in [3.8, 4) is 0 Å². The fourth-order valence-corrected chi connectivity index (χ4v) is 3.92. The normalized spacial score (nSPS) is 31.6. The fourth-order valence-electron chi connectivity index (χ4n) is 3.92. The Kier molecular flexibility index (Phi) is 5.30. The van der Waals surface area contributed by atoms with Crippen molar-refractivity contribution in [1.82, 2.24) is 10.2 Å². The molecule has 2 rings (SSSR count). The van der Waals surface area contributed by atoms with Crippen LogP contribution < -0.4 is 5.32 Å². The van der Waals surface area contributed by atoms with Gasteiger partial charge in [-0.3, -0.25) is 0 Å². The minimum absolute atomic E-state index is 1.06. The Morgan fingerprint density at radius 2 is 1.88 bits per heavy atom. The third-order valence-electron chi connectivity index (χ3n) is 5.08. The van der Waals surface area contributed by atoms with Gasteiger partial charge in [-0.25, -0.2) is 0 Å². The Bertz CT molecular complexity index is 213. The first kappa shape index (κ1) is 13.4. The van der Waals surface area contributed by atoms with Gasteiger partial charge in [-0.2, -0.15) is 0 Å². The molecule has 0 radical (unpaired) electrons. The standard InChI is InChI=1S/C15H30N2/c1-3-17(4-2)10-9-16-8-7-15-12-13-5-6-14(15)11-13/h13-16H,3-12H2,1-2H3. The number of nitrogens with one attached hydrogen (secondary N) is 1. The molecule has 2 heteroatoms. The lowest BCUT2D eigenvalue weighted by molar-refractivity contribution is 0.289. The van der Waals surface area contributed by atoms with Gasteiger partial charge in [0, 0.05) is 13.1 Å². The molecule has 100 valence electrons. The van der Waals surface area contributed by atoms with E-state index in [4.69, 9.17) is 0 Å². The molecule has 0 saturated heterocycles. The van der Waals surface area contributed by atoms with Crippen LogP contribution in [-0.4, -0.2) is 37.6 Å². The summed E-state index contributed by atoms with van der Waals surface area (Å²) < 4.78 is 0. The molecule has 17 heavy (non-hydrogen) atoms. The summed E-state index contributed by atoms with van der Waals surface area (Å²) in [5, 5.41) is 3.63. The quantitative estimate of drug-likeness (QED) is 0.654. The Hall–Kier alpha value is -0.0800. The van der Waals surface area contributed by atoms with Gasteiger partial charge < -0.3 is 10.2 Å². The first-order chi connectivity index (χ1) is 8.33. The second-order valence-electron chi connectivity index (χ2n) is 6.00. The lowest BCUT2D eigenvalue weighted by atomic mass is 9.86. The third-order valence-corrected chi connectivity index (χ3v) is 5.08. The highest BCUT2D eigenvalue weighted by Gasteiger charge is 2.38. The summed E-state index contributed by atoms with van der Waals surface area (Å²) in [5.41, 5.74) is 0. The van der Waals surface area contributed by atoms with E-state index in [9.17, 15) is 0 Å². The van der Waals surface area contributed by atoms with E-state index in [1.54, 1.807) is 12.8 Å². The number of hydrogen-bond donors (Lipinski definition) is 1. The minimum atomic E-state index is 1.06. The van der Waals surface area contributed by atoms with Gasteiger partial charge in [-0.1, -0.05) is 20.3 Å². The zero-order valence-electron chi connectivity index (χ0n) is 11.8. The maximum absolute atomic E-state index is 3.63. The summed E-state index contributed by atoms with van der Waals surface area (Å²) in [6.45, 7) is 10.5. The lowest BCUT2D eigenvalue weighted by Gasteiger charge is -2.22. The molecule has 2 aliphatic rings. The van der Waals surface area contributed by atoms with E-state index < -0.39 is 0 Å². The molecule has 2 bridgehead atoms. The van der Waals surface area contributed by atoms with Crippen molar-refractivity contribution in [2.24, 2.45) is 17.8 Å². The van der Waals surface area contributed by atoms with Gasteiger partial charge in [-0.05, 0) is 63.1 Å². The van der Waals surface area contributed by atoms with Crippen LogP contribution in [0.2, 0.25) is 0 Å². The molecule has 0 aromatic heterocycles. The largest absolute Gasteiger partial charge is 0.315 e. The average Bonchev–Trinajstić information content (AvgIpc) is 2.96. The molecular formula is C15H30N2. The maximum atomic E-state index is 3.63. The predicted octanol–water partition coefficient (Wildman–Crippen LogP) is 2.74. The van der Waals surface area contributed by atoms with Gasteiger partial charge in [0.05, 0.1) is 0 Å². The summed E-state index contributed by atoms with van der Waals surface area (Å²) in [6.07, 6.45) is 7.61. The van der Waals surface area contributed by atoms with E-state index in [1.165, 1.54) is 52.0 Å². The van der Waals surface area contributed by atoms with Crippen LogP contribution in [0.25, 0.3) is 0 Å². The SMILES string of the molecule is CCN(CC)CCNCCC1CC2CCC1C2. The van der Waals surface area contributed by atoms with Crippen molar-refractivity contribution < 1.29 is 0 Å². The topological polar surface area (TPSA) is 15.3 Å². The number of likely N-dealkylation sites (N-methyl/N-ethyl adjacent to an activating group) is 1. The predicted molar refractivity (Wildman–Crippen MR) is 74.2 cm³/mol. The molecule has 0 aromatic carbocycles. The molecule has 2 saturated carbocycles. The molecule has 0 spiro atoms. The number of fused-ring (bicyclic) bond motifs is 2. The Morgan fingerprint density at radius 1 is 1.06 bits per heavy atom. The zero-order valence-corrected chi connectivity index (χ0v) is 11.8. The Balaban J connectivity index is 1.49. The Morgan fingerprint density at radius 3 is 2.47 bits per heavy atom. The molecule has 3 atom stereocenters. The van der Waals surface area contributed by atoms with E-state index >= 15 is 0 Å². The molecule has 2 nitrogen and oxygen atoms in total. The van der Waals surface area contributed by atoms with Crippen LogP contribution in [0.4, 0.5) is 0 Å². The number of rotatable bonds is 8. The number of hydrogen-bond acceptors (Lipinski definition) is 2. The first-order valence-electron chi connectivity index (χ1n) is 7.76. The lowest BCUT2D eigenvalue weighted by Crippen LogP contribution is -2.32. The van der Waals surface area contributed by atoms with Gasteiger partial charge in [0.2, 0.25) is 0 Å². The van der Waals surface area contributed by atoms with Gasteiger partial charge in [0.1, 0.15) is 0 Å².